The monoisotopic (exact) mass is 390 g/mol. The van der Waals surface area contributed by atoms with Crippen LogP contribution in [0.1, 0.15) is 36.0 Å². The molecule has 8 heteroatoms. The molecule has 2 saturated heterocycles. The highest BCUT2D eigenvalue weighted by Gasteiger charge is 2.32. The first-order chi connectivity index (χ1) is 13.6. The van der Waals surface area contributed by atoms with Crippen molar-refractivity contribution in [2.45, 2.75) is 31.7 Å². The third-order valence-corrected chi connectivity index (χ3v) is 5.73. The average molecular weight is 390 g/mol. The van der Waals surface area contributed by atoms with Crippen molar-refractivity contribution >= 4 is 11.8 Å². The van der Waals surface area contributed by atoms with Crippen LogP contribution < -0.4 is 10.9 Å². The van der Waals surface area contributed by atoms with Gasteiger partial charge in [0.1, 0.15) is 0 Å². The van der Waals surface area contributed by atoms with E-state index in [-0.39, 0.29) is 23.3 Å². The molecule has 8 nitrogen and oxygen atoms in total. The molecule has 2 amide bonds. The number of hydrogen-bond donors (Lipinski definition) is 2. The van der Waals surface area contributed by atoms with Crippen LogP contribution in [0.25, 0.3) is 0 Å². The highest BCUT2D eigenvalue weighted by Crippen LogP contribution is 2.24. The van der Waals surface area contributed by atoms with Crippen LogP contribution in [0.4, 0.5) is 0 Å². The largest absolute Gasteiger partial charge is 0.383 e. The topological polar surface area (TPSA) is 94.7 Å². The minimum absolute atomic E-state index is 0.0337. The van der Waals surface area contributed by atoms with Crippen molar-refractivity contribution in [3.05, 3.63) is 34.2 Å². The molecule has 1 atom stereocenters. The van der Waals surface area contributed by atoms with Crippen molar-refractivity contribution in [3.63, 3.8) is 0 Å². The zero-order valence-electron chi connectivity index (χ0n) is 16.5. The van der Waals surface area contributed by atoms with Crippen LogP contribution in [0.3, 0.4) is 0 Å². The second-order valence-electron chi connectivity index (χ2n) is 7.58. The third kappa shape index (κ3) is 5.20. The molecule has 0 aromatic carbocycles. The lowest BCUT2D eigenvalue weighted by Gasteiger charge is -2.42. The fourth-order valence-corrected chi connectivity index (χ4v) is 4.13. The fraction of sp³-hybridized carbons (Fsp3) is 0.650. The van der Waals surface area contributed by atoms with Crippen molar-refractivity contribution in [1.82, 2.24) is 20.1 Å². The number of carbonyl (C=O) groups excluding carboxylic acids is 2. The average Bonchev–Trinajstić information content (AvgIpc) is 2.74. The van der Waals surface area contributed by atoms with Crippen LogP contribution in [-0.4, -0.2) is 79.1 Å². The Morgan fingerprint density at radius 3 is 2.68 bits per heavy atom. The number of aromatic amines is 1. The molecule has 2 N–H and O–H groups in total. The van der Waals surface area contributed by atoms with Crippen molar-refractivity contribution in [1.29, 1.82) is 0 Å². The summed E-state index contributed by atoms with van der Waals surface area (Å²) in [6.45, 7) is 4.28. The predicted octanol–water partition coefficient (Wildman–Crippen LogP) is 0.454. The molecule has 28 heavy (non-hydrogen) atoms. The zero-order chi connectivity index (χ0) is 19.9. The number of hydrogen-bond acceptors (Lipinski definition) is 5. The summed E-state index contributed by atoms with van der Waals surface area (Å²) in [5, 5.41) is 2.95. The normalized spacial score (nSPS) is 21.5. The van der Waals surface area contributed by atoms with E-state index in [0.717, 1.165) is 38.8 Å². The molecule has 2 fully saturated rings. The predicted molar refractivity (Wildman–Crippen MR) is 105 cm³/mol. The smallest absolute Gasteiger partial charge is 0.255 e. The highest BCUT2D eigenvalue weighted by atomic mass is 16.5. The highest BCUT2D eigenvalue weighted by molar-refractivity contribution is 5.93. The molecule has 3 heterocycles. The molecule has 2 aliphatic rings. The minimum Gasteiger partial charge on any atom is -0.383 e. The lowest BCUT2D eigenvalue weighted by atomic mass is 9.93. The summed E-state index contributed by atoms with van der Waals surface area (Å²) in [7, 11) is 1.63. The van der Waals surface area contributed by atoms with Crippen LogP contribution >= 0.6 is 0 Å². The fourth-order valence-electron chi connectivity index (χ4n) is 4.13. The maximum absolute atomic E-state index is 12.6. The number of H-pyrrole nitrogens is 1. The standard InChI is InChI=1S/C20H30N4O4/c1-28-12-8-21-19(26)16-3-2-9-24(14-16)17-6-10-23(11-7-17)20(27)15-4-5-18(25)22-13-15/h4-5,13,16-17H,2-3,6-12,14H2,1H3,(H,21,26)(H,22,25). The molecule has 0 bridgehead atoms. The van der Waals surface area contributed by atoms with Gasteiger partial charge in [-0.3, -0.25) is 19.3 Å². The first-order valence-electron chi connectivity index (χ1n) is 10.1. The van der Waals surface area contributed by atoms with Crippen LogP contribution in [0.2, 0.25) is 0 Å². The SMILES string of the molecule is COCCNC(=O)C1CCCN(C2CCN(C(=O)c3ccc(=O)[nH]c3)CC2)C1. The molecule has 1 aromatic heterocycles. The summed E-state index contributed by atoms with van der Waals surface area (Å²) in [5.74, 6) is 0.114. The molecule has 0 saturated carbocycles. The Kier molecular flexibility index (Phi) is 7.22. The van der Waals surface area contributed by atoms with Gasteiger partial charge in [0.15, 0.2) is 0 Å². The van der Waals surface area contributed by atoms with E-state index in [4.69, 9.17) is 4.74 Å². The van der Waals surface area contributed by atoms with Gasteiger partial charge < -0.3 is 19.9 Å². The lowest BCUT2D eigenvalue weighted by molar-refractivity contribution is -0.127. The molecule has 1 unspecified atom stereocenters. The molecule has 154 valence electrons. The van der Waals surface area contributed by atoms with Crippen LogP contribution in [0.5, 0.6) is 0 Å². The van der Waals surface area contributed by atoms with E-state index >= 15 is 0 Å². The van der Waals surface area contributed by atoms with Crippen LogP contribution in [0.15, 0.2) is 23.1 Å². The van der Waals surface area contributed by atoms with Gasteiger partial charge in [-0.2, -0.15) is 0 Å². The van der Waals surface area contributed by atoms with Crippen molar-refractivity contribution < 1.29 is 14.3 Å². The van der Waals surface area contributed by atoms with E-state index in [1.165, 1.54) is 12.3 Å². The van der Waals surface area contributed by atoms with Gasteiger partial charge in [-0.25, -0.2) is 0 Å². The number of piperidine rings is 2. The van der Waals surface area contributed by atoms with Gasteiger partial charge in [0.25, 0.3) is 5.91 Å². The summed E-state index contributed by atoms with van der Waals surface area (Å²) < 4.78 is 4.99. The Bertz CT molecular complexity index is 707. The van der Waals surface area contributed by atoms with Gasteiger partial charge in [-0.15, -0.1) is 0 Å². The second kappa shape index (κ2) is 9.84. The minimum atomic E-state index is -0.207. The second-order valence-corrected chi connectivity index (χ2v) is 7.58. The van der Waals surface area contributed by atoms with E-state index in [1.54, 1.807) is 13.2 Å². The van der Waals surface area contributed by atoms with Gasteiger partial charge in [-0.05, 0) is 38.3 Å². The van der Waals surface area contributed by atoms with Gasteiger partial charge in [0.05, 0.1) is 18.1 Å². The molecule has 1 aromatic rings. The summed E-state index contributed by atoms with van der Waals surface area (Å²) in [6.07, 6.45) is 5.26. The summed E-state index contributed by atoms with van der Waals surface area (Å²) in [5.41, 5.74) is 0.310. The molecule has 0 aliphatic carbocycles. The van der Waals surface area contributed by atoms with Gasteiger partial charge >= 0.3 is 0 Å². The molecular formula is C20H30N4O4. The number of amides is 2. The molecular weight excluding hydrogens is 360 g/mol. The van der Waals surface area contributed by atoms with E-state index in [9.17, 15) is 14.4 Å². The van der Waals surface area contributed by atoms with Gasteiger partial charge in [0, 0.05) is 51.6 Å². The maximum atomic E-state index is 12.6. The molecule has 0 spiro atoms. The lowest BCUT2D eigenvalue weighted by Crippen LogP contribution is -2.51. The van der Waals surface area contributed by atoms with Crippen molar-refractivity contribution in [3.8, 4) is 0 Å². The molecule has 3 rings (SSSR count). The number of rotatable bonds is 6. The molecule has 2 aliphatic heterocycles. The number of pyridine rings is 1. The number of nitrogens with zero attached hydrogens (tertiary/aromatic N) is 2. The Labute approximate surface area is 165 Å². The Morgan fingerprint density at radius 2 is 2.00 bits per heavy atom. The number of ether oxygens (including phenoxy) is 1. The first kappa shape index (κ1) is 20.5. The van der Waals surface area contributed by atoms with Crippen LogP contribution in [0, 0.1) is 5.92 Å². The Hall–Kier alpha value is -2.19. The van der Waals surface area contributed by atoms with E-state index in [0.29, 0.717) is 37.8 Å². The number of nitrogens with one attached hydrogen (secondary N) is 2. The first-order valence-corrected chi connectivity index (χ1v) is 10.1. The summed E-state index contributed by atoms with van der Waals surface area (Å²) in [4.78, 5) is 42.9. The van der Waals surface area contributed by atoms with Crippen molar-refractivity contribution in [2.75, 3.05) is 46.4 Å². The summed E-state index contributed by atoms with van der Waals surface area (Å²) >= 11 is 0. The zero-order valence-corrected chi connectivity index (χ0v) is 16.5. The van der Waals surface area contributed by atoms with E-state index in [2.05, 4.69) is 15.2 Å². The Balaban J connectivity index is 1.48. The van der Waals surface area contributed by atoms with Gasteiger partial charge in [-0.1, -0.05) is 0 Å². The molecule has 0 radical (unpaired) electrons. The Morgan fingerprint density at radius 1 is 1.21 bits per heavy atom. The summed E-state index contributed by atoms with van der Waals surface area (Å²) in [6, 6.07) is 3.37. The number of likely N-dealkylation sites (tertiary alicyclic amines) is 2. The number of methoxy groups -OCH3 is 1. The number of aromatic nitrogens is 1. The quantitative estimate of drug-likeness (QED) is 0.688. The van der Waals surface area contributed by atoms with Crippen molar-refractivity contribution in [2.24, 2.45) is 5.92 Å². The van der Waals surface area contributed by atoms with Crippen LogP contribution in [-0.2, 0) is 9.53 Å². The number of carbonyl (C=O) groups is 2. The third-order valence-electron chi connectivity index (χ3n) is 5.73. The maximum Gasteiger partial charge on any atom is 0.255 e. The van der Waals surface area contributed by atoms with E-state index in [1.807, 2.05) is 4.90 Å². The van der Waals surface area contributed by atoms with E-state index < -0.39 is 0 Å². The van der Waals surface area contributed by atoms with Gasteiger partial charge in [0.2, 0.25) is 11.5 Å².